The Balaban J connectivity index is 2.06. The van der Waals surface area contributed by atoms with Crippen LogP contribution in [0.3, 0.4) is 0 Å². The van der Waals surface area contributed by atoms with Crippen molar-refractivity contribution in [2.75, 3.05) is 0 Å². The molecule has 1 heterocycles. The van der Waals surface area contributed by atoms with Gasteiger partial charge in [0.2, 0.25) is 0 Å². The SMILES string of the molecule is O=C(N/N=C\c1ccccn1)c1cc(Br)ccc1O. The van der Waals surface area contributed by atoms with Gasteiger partial charge in [0.25, 0.3) is 5.91 Å². The molecule has 0 spiro atoms. The van der Waals surface area contributed by atoms with E-state index >= 15 is 0 Å². The second-order valence-electron chi connectivity index (χ2n) is 3.62. The lowest BCUT2D eigenvalue weighted by Crippen LogP contribution is -2.17. The second kappa shape index (κ2) is 6.10. The molecule has 2 N–H and O–H groups in total. The van der Waals surface area contributed by atoms with Gasteiger partial charge in [-0.25, -0.2) is 5.43 Å². The van der Waals surface area contributed by atoms with Crippen LogP contribution >= 0.6 is 15.9 Å². The molecule has 5 nitrogen and oxygen atoms in total. The van der Waals surface area contributed by atoms with E-state index < -0.39 is 5.91 Å². The largest absolute Gasteiger partial charge is 0.507 e. The summed E-state index contributed by atoms with van der Waals surface area (Å²) in [5, 5.41) is 13.4. The summed E-state index contributed by atoms with van der Waals surface area (Å²) in [6, 6.07) is 9.95. The summed E-state index contributed by atoms with van der Waals surface area (Å²) in [6.07, 6.45) is 3.05. The molecule has 0 fully saturated rings. The highest BCUT2D eigenvalue weighted by Crippen LogP contribution is 2.21. The number of hydrogen-bond acceptors (Lipinski definition) is 4. The van der Waals surface area contributed by atoms with Gasteiger partial charge in [-0.05, 0) is 30.3 Å². The number of nitrogens with one attached hydrogen (secondary N) is 1. The summed E-state index contributed by atoms with van der Waals surface area (Å²) in [7, 11) is 0. The number of carbonyl (C=O) groups is 1. The van der Waals surface area contributed by atoms with Crippen molar-refractivity contribution in [3.05, 3.63) is 58.3 Å². The van der Waals surface area contributed by atoms with E-state index in [9.17, 15) is 9.90 Å². The molecule has 0 aliphatic carbocycles. The Morgan fingerprint density at radius 1 is 1.37 bits per heavy atom. The van der Waals surface area contributed by atoms with Crippen molar-refractivity contribution in [2.45, 2.75) is 0 Å². The highest BCUT2D eigenvalue weighted by molar-refractivity contribution is 9.10. The Morgan fingerprint density at radius 2 is 2.21 bits per heavy atom. The first kappa shape index (κ1) is 13.2. The summed E-state index contributed by atoms with van der Waals surface area (Å²) in [5.74, 6) is -0.597. The highest BCUT2D eigenvalue weighted by atomic mass is 79.9. The second-order valence-corrected chi connectivity index (χ2v) is 4.53. The van der Waals surface area contributed by atoms with E-state index in [1.54, 1.807) is 24.4 Å². The Hall–Kier alpha value is -2.21. The fraction of sp³-hybridized carbons (Fsp3) is 0. The van der Waals surface area contributed by atoms with E-state index in [0.29, 0.717) is 10.2 Å². The minimum atomic E-state index is -0.494. The van der Waals surface area contributed by atoms with Crippen LogP contribution < -0.4 is 5.43 Å². The van der Waals surface area contributed by atoms with Gasteiger partial charge in [-0.3, -0.25) is 9.78 Å². The van der Waals surface area contributed by atoms with Gasteiger partial charge in [-0.1, -0.05) is 22.0 Å². The minimum Gasteiger partial charge on any atom is -0.507 e. The molecule has 0 atom stereocenters. The quantitative estimate of drug-likeness (QED) is 0.673. The first-order chi connectivity index (χ1) is 9.16. The molecule has 0 saturated carbocycles. The van der Waals surface area contributed by atoms with Crippen LogP contribution in [-0.2, 0) is 0 Å². The molecule has 1 aromatic carbocycles. The summed E-state index contributed by atoms with van der Waals surface area (Å²) in [4.78, 5) is 15.8. The van der Waals surface area contributed by atoms with E-state index in [0.717, 1.165) is 0 Å². The minimum absolute atomic E-state index is 0.103. The fourth-order valence-corrected chi connectivity index (χ4v) is 1.72. The molecule has 19 heavy (non-hydrogen) atoms. The maximum atomic E-state index is 11.8. The molecule has 0 bridgehead atoms. The Kier molecular flexibility index (Phi) is 4.25. The van der Waals surface area contributed by atoms with Crippen molar-refractivity contribution in [3.8, 4) is 5.75 Å². The number of rotatable bonds is 3. The van der Waals surface area contributed by atoms with Gasteiger partial charge in [-0.2, -0.15) is 5.10 Å². The topological polar surface area (TPSA) is 74.6 Å². The smallest absolute Gasteiger partial charge is 0.275 e. The van der Waals surface area contributed by atoms with Crippen LogP contribution in [0.2, 0.25) is 0 Å². The van der Waals surface area contributed by atoms with Crippen molar-refractivity contribution < 1.29 is 9.90 Å². The molecule has 2 aromatic rings. The van der Waals surface area contributed by atoms with Gasteiger partial charge in [0, 0.05) is 10.7 Å². The van der Waals surface area contributed by atoms with Crippen molar-refractivity contribution >= 4 is 28.1 Å². The maximum absolute atomic E-state index is 11.8. The van der Waals surface area contributed by atoms with Gasteiger partial charge in [-0.15, -0.1) is 0 Å². The molecule has 0 aliphatic heterocycles. The monoisotopic (exact) mass is 319 g/mol. The molecule has 6 heteroatoms. The van der Waals surface area contributed by atoms with Crippen LogP contribution in [0.4, 0.5) is 0 Å². The first-order valence-electron chi connectivity index (χ1n) is 5.40. The number of benzene rings is 1. The average molecular weight is 320 g/mol. The first-order valence-corrected chi connectivity index (χ1v) is 6.19. The van der Waals surface area contributed by atoms with Gasteiger partial charge < -0.3 is 5.11 Å². The number of aromatic nitrogens is 1. The number of hydrazone groups is 1. The molecule has 0 aliphatic rings. The zero-order valence-corrected chi connectivity index (χ0v) is 11.3. The van der Waals surface area contributed by atoms with Crippen LogP contribution in [0.1, 0.15) is 16.1 Å². The predicted octanol–water partition coefficient (Wildman–Crippen LogP) is 2.31. The summed E-state index contributed by atoms with van der Waals surface area (Å²) >= 11 is 3.23. The molecule has 1 aromatic heterocycles. The maximum Gasteiger partial charge on any atom is 0.275 e. The molecular weight excluding hydrogens is 310 g/mol. The third-order valence-corrected chi connectivity index (χ3v) is 2.75. The lowest BCUT2D eigenvalue weighted by Gasteiger charge is -2.03. The number of aromatic hydroxyl groups is 1. The molecule has 1 amide bonds. The van der Waals surface area contributed by atoms with Crippen LogP contribution in [0.5, 0.6) is 5.75 Å². The number of phenolic OH excluding ortho intramolecular Hbond substituents is 1. The molecular formula is C13H10BrN3O2. The van der Waals surface area contributed by atoms with Crippen LogP contribution in [0.25, 0.3) is 0 Å². The normalized spacial score (nSPS) is 10.6. The van der Waals surface area contributed by atoms with Crippen LogP contribution in [-0.4, -0.2) is 22.2 Å². The van der Waals surface area contributed by atoms with Crippen molar-refractivity contribution in [1.29, 1.82) is 0 Å². The lowest BCUT2D eigenvalue weighted by molar-refractivity contribution is 0.0952. The van der Waals surface area contributed by atoms with Gasteiger partial charge in [0.15, 0.2) is 0 Å². The van der Waals surface area contributed by atoms with E-state index in [4.69, 9.17) is 0 Å². The molecule has 96 valence electrons. The van der Waals surface area contributed by atoms with E-state index in [1.165, 1.54) is 18.3 Å². The zero-order valence-electron chi connectivity index (χ0n) is 9.75. The number of hydrogen-bond donors (Lipinski definition) is 2. The standard InChI is InChI=1S/C13H10BrN3O2/c14-9-4-5-12(18)11(7-9)13(19)17-16-8-10-3-1-2-6-15-10/h1-8,18H,(H,17,19)/b16-8-. The van der Waals surface area contributed by atoms with Gasteiger partial charge in [0.05, 0.1) is 17.5 Å². The van der Waals surface area contributed by atoms with Crippen molar-refractivity contribution in [1.82, 2.24) is 10.4 Å². The highest BCUT2D eigenvalue weighted by Gasteiger charge is 2.10. The summed E-state index contributed by atoms with van der Waals surface area (Å²) in [6.45, 7) is 0. The van der Waals surface area contributed by atoms with E-state index in [2.05, 4.69) is 31.4 Å². The van der Waals surface area contributed by atoms with Crippen molar-refractivity contribution in [2.24, 2.45) is 5.10 Å². The third-order valence-electron chi connectivity index (χ3n) is 2.25. The van der Waals surface area contributed by atoms with Crippen LogP contribution in [0, 0.1) is 0 Å². The number of amides is 1. The average Bonchev–Trinajstić information content (AvgIpc) is 2.42. The van der Waals surface area contributed by atoms with Gasteiger partial charge in [0.1, 0.15) is 5.75 Å². The van der Waals surface area contributed by atoms with E-state index in [1.807, 2.05) is 6.07 Å². The number of pyridine rings is 1. The fourth-order valence-electron chi connectivity index (χ4n) is 1.36. The van der Waals surface area contributed by atoms with Crippen LogP contribution in [0.15, 0.2) is 52.2 Å². The van der Waals surface area contributed by atoms with E-state index in [-0.39, 0.29) is 11.3 Å². The number of carbonyl (C=O) groups excluding carboxylic acids is 1. The number of nitrogens with zero attached hydrogens (tertiary/aromatic N) is 2. The molecule has 0 saturated heterocycles. The molecule has 2 rings (SSSR count). The lowest BCUT2D eigenvalue weighted by atomic mass is 10.2. The molecule has 0 radical (unpaired) electrons. The Bertz CT molecular complexity index is 615. The number of halogens is 1. The summed E-state index contributed by atoms with van der Waals surface area (Å²) in [5.41, 5.74) is 3.10. The Morgan fingerprint density at radius 3 is 2.95 bits per heavy atom. The molecule has 0 unspecified atom stereocenters. The third kappa shape index (κ3) is 3.62. The summed E-state index contributed by atoms with van der Waals surface area (Å²) < 4.78 is 0.698. The zero-order chi connectivity index (χ0) is 13.7. The Labute approximate surface area is 118 Å². The number of phenols is 1. The van der Waals surface area contributed by atoms with Crippen molar-refractivity contribution in [3.63, 3.8) is 0 Å². The van der Waals surface area contributed by atoms with Gasteiger partial charge >= 0.3 is 0 Å². The predicted molar refractivity (Wildman–Crippen MR) is 75.1 cm³/mol.